The third-order valence-electron chi connectivity index (χ3n) is 2.49. The minimum absolute atomic E-state index is 0.0219. The molecule has 2 N–H and O–H groups in total. The Bertz CT molecular complexity index is 345. The molecule has 0 aromatic rings. The van der Waals surface area contributed by atoms with Gasteiger partial charge in [-0.2, -0.15) is 5.06 Å². The number of hydroxylamine groups is 2. The molecule has 0 aliphatic carbocycles. The van der Waals surface area contributed by atoms with Gasteiger partial charge in [-0.15, -0.1) is 0 Å². The number of nitrogens with zero attached hydrogens (tertiary/aromatic N) is 1. The van der Waals surface area contributed by atoms with E-state index in [0.29, 0.717) is 11.1 Å². The molecule has 1 saturated heterocycles. The Morgan fingerprint density at radius 2 is 2.17 bits per heavy atom. The van der Waals surface area contributed by atoms with Crippen molar-refractivity contribution in [2.45, 2.75) is 39.4 Å². The summed E-state index contributed by atoms with van der Waals surface area (Å²) in [6.45, 7) is 6.92. The van der Waals surface area contributed by atoms with Crippen LogP contribution in [0.1, 0.15) is 27.7 Å². The van der Waals surface area contributed by atoms with Crippen molar-refractivity contribution in [2.24, 2.45) is 0 Å². The highest BCUT2D eigenvalue weighted by atomic mass is 16.7. The predicted octanol–water partition coefficient (Wildman–Crippen LogP) is 0.838. The van der Waals surface area contributed by atoms with Gasteiger partial charge in [-0.3, -0.25) is 4.84 Å². The third-order valence-corrected chi connectivity index (χ3v) is 2.49. The average molecular weight is 259 g/mol. The van der Waals surface area contributed by atoms with E-state index in [9.17, 15) is 9.90 Å². The Balaban J connectivity index is 2.74. The normalized spacial score (nSPS) is 23.9. The molecular weight excluding hydrogens is 238 g/mol. The van der Waals surface area contributed by atoms with Crippen LogP contribution in [0.25, 0.3) is 0 Å². The summed E-state index contributed by atoms with van der Waals surface area (Å²) >= 11 is 0. The zero-order valence-corrected chi connectivity index (χ0v) is 11.3. The van der Waals surface area contributed by atoms with Gasteiger partial charge in [-0.25, -0.2) is 4.79 Å². The number of aliphatic hydroxyl groups is 2. The lowest BCUT2D eigenvalue weighted by atomic mass is 10.0. The Morgan fingerprint density at radius 3 is 2.67 bits per heavy atom. The molecule has 1 aliphatic heterocycles. The molecule has 6 nitrogen and oxygen atoms in total. The molecule has 0 radical (unpaired) electrons. The van der Waals surface area contributed by atoms with E-state index in [1.54, 1.807) is 27.7 Å². The fourth-order valence-corrected chi connectivity index (χ4v) is 1.52. The molecule has 0 saturated carbocycles. The van der Waals surface area contributed by atoms with Crippen molar-refractivity contribution in [2.75, 3.05) is 19.8 Å². The fraction of sp³-hybridized carbons (Fsp3) is 0.750. The van der Waals surface area contributed by atoms with Crippen molar-refractivity contribution in [3.8, 4) is 0 Å². The van der Waals surface area contributed by atoms with Crippen molar-refractivity contribution < 1.29 is 24.6 Å². The van der Waals surface area contributed by atoms with Gasteiger partial charge in [0.2, 0.25) is 0 Å². The molecule has 0 spiro atoms. The molecule has 0 aromatic heterocycles. The summed E-state index contributed by atoms with van der Waals surface area (Å²) in [4.78, 5) is 16.9. The zero-order chi connectivity index (χ0) is 13.9. The average Bonchev–Trinajstić information content (AvgIpc) is 2.26. The van der Waals surface area contributed by atoms with Gasteiger partial charge < -0.3 is 14.9 Å². The van der Waals surface area contributed by atoms with Crippen molar-refractivity contribution in [1.29, 1.82) is 0 Å². The van der Waals surface area contributed by atoms with Gasteiger partial charge in [0, 0.05) is 0 Å². The predicted molar refractivity (Wildman–Crippen MR) is 64.7 cm³/mol. The molecular formula is C12H21NO5. The van der Waals surface area contributed by atoms with Gasteiger partial charge in [0.05, 0.1) is 13.2 Å². The minimum Gasteiger partial charge on any atom is -0.442 e. The van der Waals surface area contributed by atoms with Crippen LogP contribution >= 0.6 is 0 Å². The standard InChI is InChI=1S/C12H21NO5/c1-8(6-14)9-5-13(17-7-10(9)15)11(16)18-12(2,3)4/h10,14-15H,5-7H2,1-4H3/b9-8-. The summed E-state index contributed by atoms with van der Waals surface area (Å²) in [5.41, 5.74) is 0.626. The summed E-state index contributed by atoms with van der Waals surface area (Å²) in [6, 6.07) is 0. The van der Waals surface area contributed by atoms with E-state index in [4.69, 9.17) is 14.7 Å². The van der Waals surface area contributed by atoms with Crippen LogP contribution in [-0.4, -0.2) is 52.8 Å². The van der Waals surface area contributed by atoms with Crippen molar-refractivity contribution >= 4 is 6.09 Å². The van der Waals surface area contributed by atoms with Crippen LogP contribution in [0.4, 0.5) is 4.79 Å². The smallest absolute Gasteiger partial charge is 0.434 e. The van der Waals surface area contributed by atoms with Crippen LogP contribution in [0.15, 0.2) is 11.1 Å². The topological polar surface area (TPSA) is 79.2 Å². The zero-order valence-electron chi connectivity index (χ0n) is 11.3. The van der Waals surface area contributed by atoms with E-state index < -0.39 is 17.8 Å². The van der Waals surface area contributed by atoms with Crippen molar-refractivity contribution in [3.63, 3.8) is 0 Å². The summed E-state index contributed by atoms with van der Waals surface area (Å²) in [7, 11) is 0. The van der Waals surface area contributed by atoms with Crippen LogP contribution in [-0.2, 0) is 9.57 Å². The molecule has 1 aliphatic rings. The van der Waals surface area contributed by atoms with Gasteiger partial charge in [-0.1, -0.05) is 0 Å². The van der Waals surface area contributed by atoms with Gasteiger partial charge >= 0.3 is 6.09 Å². The summed E-state index contributed by atoms with van der Waals surface area (Å²) in [5, 5.41) is 19.9. The van der Waals surface area contributed by atoms with Crippen LogP contribution in [0.2, 0.25) is 0 Å². The highest BCUT2D eigenvalue weighted by Gasteiger charge is 2.30. The second kappa shape index (κ2) is 5.69. The highest BCUT2D eigenvalue weighted by molar-refractivity contribution is 5.67. The fourth-order valence-electron chi connectivity index (χ4n) is 1.52. The first-order chi connectivity index (χ1) is 8.24. The second-order valence-corrected chi connectivity index (χ2v) is 5.29. The van der Waals surface area contributed by atoms with E-state index in [0.717, 1.165) is 5.06 Å². The Hall–Kier alpha value is -1.11. The lowest BCUT2D eigenvalue weighted by molar-refractivity contribution is -0.176. The van der Waals surface area contributed by atoms with E-state index in [1.165, 1.54) is 0 Å². The van der Waals surface area contributed by atoms with E-state index in [1.807, 2.05) is 0 Å². The van der Waals surface area contributed by atoms with Gasteiger partial charge in [-0.05, 0) is 38.8 Å². The first kappa shape index (κ1) is 14.9. The number of aliphatic hydroxyl groups excluding tert-OH is 2. The number of ether oxygens (including phenoxy) is 1. The number of amides is 1. The highest BCUT2D eigenvalue weighted by Crippen LogP contribution is 2.20. The molecule has 18 heavy (non-hydrogen) atoms. The van der Waals surface area contributed by atoms with Crippen LogP contribution in [0, 0.1) is 0 Å². The number of hydrogen-bond acceptors (Lipinski definition) is 5. The summed E-state index contributed by atoms with van der Waals surface area (Å²) in [6.07, 6.45) is -1.39. The van der Waals surface area contributed by atoms with E-state index in [2.05, 4.69) is 0 Å². The molecule has 6 heteroatoms. The minimum atomic E-state index is -0.796. The Kier molecular flexibility index (Phi) is 4.72. The summed E-state index contributed by atoms with van der Waals surface area (Å²) < 4.78 is 5.17. The van der Waals surface area contributed by atoms with Crippen LogP contribution in [0.3, 0.4) is 0 Å². The van der Waals surface area contributed by atoms with Crippen molar-refractivity contribution in [1.82, 2.24) is 5.06 Å². The van der Waals surface area contributed by atoms with Gasteiger partial charge in [0.1, 0.15) is 18.3 Å². The Morgan fingerprint density at radius 1 is 1.56 bits per heavy atom. The first-order valence-corrected chi connectivity index (χ1v) is 5.85. The lowest BCUT2D eigenvalue weighted by Crippen LogP contribution is -2.45. The quantitative estimate of drug-likeness (QED) is 0.682. The SMILES string of the molecule is C/C(CO)=C1\CN(C(=O)OC(C)(C)C)OCC1O. The Labute approximate surface area is 107 Å². The number of hydrogen-bond donors (Lipinski definition) is 2. The molecule has 0 bridgehead atoms. The van der Waals surface area contributed by atoms with Gasteiger partial charge in [0.15, 0.2) is 0 Å². The molecule has 1 rings (SSSR count). The molecule has 1 atom stereocenters. The molecule has 1 unspecified atom stereocenters. The van der Waals surface area contributed by atoms with E-state index >= 15 is 0 Å². The van der Waals surface area contributed by atoms with Gasteiger partial charge in [0.25, 0.3) is 0 Å². The van der Waals surface area contributed by atoms with Crippen LogP contribution in [0.5, 0.6) is 0 Å². The molecule has 104 valence electrons. The molecule has 1 amide bonds. The maximum Gasteiger partial charge on any atom is 0.434 e. The largest absolute Gasteiger partial charge is 0.442 e. The second-order valence-electron chi connectivity index (χ2n) is 5.29. The molecule has 1 heterocycles. The third kappa shape index (κ3) is 3.97. The molecule has 1 fully saturated rings. The maximum absolute atomic E-state index is 11.8. The number of rotatable bonds is 1. The monoisotopic (exact) mass is 259 g/mol. The number of carbonyl (C=O) groups excluding carboxylic acids is 1. The summed E-state index contributed by atoms with van der Waals surface area (Å²) in [5.74, 6) is 0. The molecule has 0 aromatic carbocycles. The number of carbonyl (C=O) groups is 1. The van der Waals surface area contributed by atoms with Crippen LogP contribution < -0.4 is 0 Å². The maximum atomic E-state index is 11.8. The lowest BCUT2D eigenvalue weighted by Gasteiger charge is -2.33. The van der Waals surface area contributed by atoms with E-state index in [-0.39, 0.29) is 19.8 Å². The first-order valence-electron chi connectivity index (χ1n) is 5.85. The van der Waals surface area contributed by atoms with Crippen molar-refractivity contribution in [3.05, 3.63) is 11.1 Å².